The first-order valence-corrected chi connectivity index (χ1v) is 5.64. The first kappa shape index (κ1) is 10.2. The van der Waals surface area contributed by atoms with Crippen LogP contribution in [-0.2, 0) is 6.54 Å². The Balaban J connectivity index is 2.43. The van der Waals surface area contributed by atoms with E-state index >= 15 is 0 Å². The summed E-state index contributed by atoms with van der Waals surface area (Å²) in [5.74, 6) is 0.864. The summed E-state index contributed by atoms with van der Waals surface area (Å²) >= 11 is 1.72. The third kappa shape index (κ3) is 2.03. The lowest BCUT2D eigenvalue weighted by molar-refractivity contribution is 0.410. The Labute approximate surface area is 93.3 Å². The van der Waals surface area contributed by atoms with Gasteiger partial charge >= 0.3 is 0 Å². The zero-order chi connectivity index (χ0) is 10.7. The van der Waals surface area contributed by atoms with E-state index in [2.05, 4.69) is 17.5 Å². The molecule has 0 spiro atoms. The minimum Gasteiger partial charge on any atom is -0.496 e. The summed E-state index contributed by atoms with van der Waals surface area (Å²) < 4.78 is 5.30. The molecule has 0 bridgehead atoms. The van der Waals surface area contributed by atoms with Crippen LogP contribution in [0.25, 0.3) is 10.4 Å². The van der Waals surface area contributed by atoms with E-state index in [1.165, 1.54) is 10.4 Å². The molecule has 0 saturated carbocycles. The van der Waals surface area contributed by atoms with Gasteiger partial charge in [0.2, 0.25) is 0 Å². The molecule has 0 atom stereocenters. The largest absolute Gasteiger partial charge is 0.496 e. The van der Waals surface area contributed by atoms with Gasteiger partial charge < -0.3 is 10.5 Å². The van der Waals surface area contributed by atoms with Gasteiger partial charge in [0.05, 0.1) is 7.11 Å². The predicted molar refractivity (Wildman–Crippen MR) is 64.2 cm³/mol. The highest BCUT2D eigenvalue weighted by Crippen LogP contribution is 2.29. The second kappa shape index (κ2) is 4.47. The Morgan fingerprint density at radius 3 is 2.80 bits per heavy atom. The first-order valence-electron chi connectivity index (χ1n) is 4.76. The summed E-state index contributed by atoms with van der Waals surface area (Å²) in [6.45, 7) is 0.508. The Morgan fingerprint density at radius 2 is 2.20 bits per heavy atom. The molecule has 2 rings (SSSR count). The smallest absolute Gasteiger partial charge is 0.123 e. The molecule has 1 aromatic carbocycles. The Kier molecular flexibility index (Phi) is 3.04. The average molecular weight is 219 g/mol. The topological polar surface area (TPSA) is 35.2 Å². The Bertz CT molecular complexity index is 437. The van der Waals surface area contributed by atoms with E-state index in [0.717, 1.165) is 11.3 Å². The molecule has 0 unspecified atom stereocenters. The van der Waals surface area contributed by atoms with Gasteiger partial charge in [-0.05, 0) is 23.1 Å². The van der Waals surface area contributed by atoms with Gasteiger partial charge in [-0.3, -0.25) is 0 Å². The van der Waals surface area contributed by atoms with Crippen LogP contribution >= 0.6 is 11.3 Å². The van der Waals surface area contributed by atoms with Crippen molar-refractivity contribution in [1.82, 2.24) is 0 Å². The van der Waals surface area contributed by atoms with E-state index in [1.807, 2.05) is 18.2 Å². The van der Waals surface area contributed by atoms with Crippen molar-refractivity contribution in [3.63, 3.8) is 0 Å². The molecule has 2 nitrogen and oxygen atoms in total. The van der Waals surface area contributed by atoms with Crippen LogP contribution in [0.2, 0.25) is 0 Å². The fourth-order valence-electron chi connectivity index (χ4n) is 1.51. The van der Waals surface area contributed by atoms with Crippen LogP contribution in [0.3, 0.4) is 0 Å². The predicted octanol–water partition coefficient (Wildman–Crippen LogP) is 2.88. The van der Waals surface area contributed by atoms with Gasteiger partial charge in [0.15, 0.2) is 0 Å². The number of hydrogen-bond donors (Lipinski definition) is 1. The minimum atomic E-state index is 0.508. The van der Waals surface area contributed by atoms with Crippen molar-refractivity contribution in [2.75, 3.05) is 7.11 Å². The zero-order valence-corrected chi connectivity index (χ0v) is 9.38. The third-order valence-electron chi connectivity index (χ3n) is 2.31. The van der Waals surface area contributed by atoms with Gasteiger partial charge in [-0.15, -0.1) is 11.3 Å². The highest BCUT2D eigenvalue weighted by Gasteiger charge is 2.04. The number of ether oxygens (including phenoxy) is 1. The lowest BCUT2D eigenvalue weighted by Gasteiger charge is -2.08. The molecule has 15 heavy (non-hydrogen) atoms. The van der Waals surface area contributed by atoms with E-state index < -0.39 is 0 Å². The van der Waals surface area contributed by atoms with Crippen molar-refractivity contribution in [2.24, 2.45) is 5.73 Å². The van der Waals surface area contributed by atoms with Crippen molar-refractivity contribution < 1.29 is 4.74 Å². The number of nitrogens with two attached hydrogens (primary N) is 1. The van der Waals surface area contributed by atoms with Gasteiger partial charge in [0.25, 0.3) is 0 Å². The van der Waals surface area contributed by atoms with E-state index in [4.69, 9.17) is 10.5 Å². The molecule has 2 N–H and O–H groups in total. The Morgan fingerprint density at radius 1 is 1.33 bits per heavy atom. The molecular formula is C12H13NOS. The van der Waals surface area contributed by atoms with Crippen LogP contribution < -0.4 is 10.5 Å². The summed E-state index contributed by atoms with van der Waals surface area (Å²) in [5, 5.41) is 2.07. The second-order valence-corrected chi connectivity index (χ2v) is 4.16. The van der Waals surface area contributed by atoms with Crippen LogP contribution in [0, 0.1) is 0 Å². The van der Waals surface area contributed by atoms with Gasteiger partial charge in [0.1, 0.15) is 5.75 Å². The fraction of sp³-hybridized carbons (Fsp3) is 0.167. The SMILES string of the molecule is COc1cc(-c2cccs2)ccc1CN. The van der Waals surface area contributed by atoms with Crippen LogP contribution in [0.4, 0.5) is 0 Å². The lowest BCUT2D eigenvalue weighted by Crippen LogP contribution is -1.99. The van der Waals surface area contributed by atoms with Crippen LogP contribution in [0.15, 0.2) is 35.7 Å². The molecule has 0 aliphatic heterocycles. The number of methoxy groups -OCH3 is 1. The highest BCUT2D eigenvalue weighted by molar-refractivity contribution is 7.13. The molecule has 1 heterocycles. The van der Waals surface area contributed by atoms with E-state index in [-0.39, 0.29) is 0 Å². The molecule has 1 aromatic heterocycles. The van der Waals surface area contributed by atoms with Gasteiger partial charge in [-0.1, -0.05) is 18.2 Å². The average Bonchev–Trinajstić information content (AvgIpc) is 2.81. The molecule has 0 radical (unpaired) electrons. The van der Waals surface area contributed by atoms with Gasteiger partial charge in [-0.2, -0.15) is 0 Å². The number of rotatable bonds is 3. The van der Waals surface area contributed by atoms with Crippen molar-refractivity contribution in [2.45, 2.75) is 6.54 Å². The molecule has 0 fully saturated rings. The van der Waals surface area contributed by atoms with E-state index in [9.17, 15) is 0 Å². The maximum absolute atomic E-state index is 5.62. The summed E-state index contributed by atoms with van der Waals surface area (Å²) in [6.07, 6.45) is 0. The van der Waals surface area contributed by atoms with Crippen molar-refractivity contribution in [3.05, 3.63) is 41.3 Å². The molecule has 0 aliphatic carbocycles. The number of hydrogen-bond acceptors (Lipinski definition) is 3. The summed E-state index contributed by atoms with van der Waals surface area (Å²) in [6, 6.07) is 10.3. The maximum Gasteiger partial charge on any atom is 0.123 e. The monoisotopic (exact) mass is 219 g/mol. The van der Waals surface area contributed by atoms with Crippen LogP contribution in [0.1, 0.15) is 5.56 Å². The summed E-state index contributed by atoms with van der Waals surface area (Å²) in [4.78, 5) is 1.25. The van der Waals surface area contributed by atoms with Crippen molar-refractivity contribution in [3.8, 4) is 16.2 Å². The van der Waals surface area contributed by atoms with E-state index in [0.29, 0.717) is 6.54 Å². The second-order valence-electron chi connectivity index (χ2n) is 3.21. The van der Waals surface area contributed by atoms with Gasteiger partial charge in [-0.25, -0.2) is 0 Å². The maximum atomic E-state index is 5.62. The molecule has 78 valence electrons. The minimum absolute atomic E-state index is 0.508. The normalized spacial score (nSPS) is 10.3. The summed E-state index contributed by atoms with van der Waals surface area (Å²) in [7, 11) is 1.67. The van der Waals surface area contributed by atoms with Crippen molar-refractivity contribution >= 4 is 11.3 Å². The van der Waals surface area contributed by atoms with Gasteiger partial charge in [0, 0.05) is 17.0 Å². The Hall–Kier alpha value is -1.32. The van der Waals surface area contributed by atoms with Crippen molar-refractivity contribution in [1.29, 1.82) is 0 Å². The zero-order valence-electron chi connectivity index (χ0n) is 8.57. The highest BCUT2D eigenvalue weighted by atomic mass is 32.1. The standard InChI is InChI=1S/C12H13NOS/c1-14-11-7-9(4-5-10(11)8-13)12-3-2-6-15-12/h2-7H,8,13H2,1H3. The molecule has 0 saturated heterocycles. The van der Waals surface area contributed by atoms with E-state index in [1.54, 1.807) is 18.4 Å². The summed E-state index contributed by atoms with van der Waals surface area (Å²) in [5.41, 5.74) is 7.84. The fourth-order valence-corrected chi connectivity index (χ4v) is 2.23. The molecule has 0 amide bonds. The molecular weight excluding hydrogens is 206 g/mol. The number of thiophene rings is 1. The molecule has 3 heteroatoms. The van der Waals surface area contributed by atoms with Crippen LogP contribution in [0.5, 0.6) is 5.75 Å². The molecule has 0 aliphatic rings. The van der Waals surface area contributed by atoms with Crippen LogP contribution in [-0.4, -0.2) is 7.11 Å². The third-order valence-corrected chi connectivity index (χ3v) is 3.23. The first-order chi connectivity index (χ1) is 7.35. The molecule has 2 aromatic rings. The quantitative estimate of drug-likeness (QED) is 0.861. The lowest BCUT2D eigenvalue weighted by atomic mass is 10.1. The number of benzene rings is 1.